The number of nitrogen functional groups attached to an aromatic ring is 1. The smallest absolute Gasteiger partial charge is 0.148 e. The van der Waals surface area contributed by atoms with Gasteiger partial charge in [0.1, 0.15) is 5.82 Å². The molecule has 2 heterocycles. The van der Waals surface area contributed by atoms with Crippen LogP contribution in [-0.2, 0) is 13.6 Å². The Morgan fingerprint density at radius 2 is 2.31 bits per heavy atom. The number of nitrogens with zero attached hydrogens (tertiary/aromatic N) is 3. The van der Waals surface area contributed by atoms with Gasteiger partial charge in [0.15, 0.2) is 0 Å². The number of nitrogens with one attached hydrogen (secondary N) is 1. The Bertz CT molecular complexity index is 475. The third-order valence-electron chi connectivity index (χ3n) is 2.45. The van der Waals surface area contributed by atoms with Crippen LogP contribution in [0.5, 0.6) is 0 Å². The van der Waals surface area contributed by atoms with Gasteiger partial charge in [-0.25, -0.2) is 0 Å². The first kappa shape index (κ1) is 10.5. The maximum Gasteiger partial charge on any atom is 0.148 e. The lowest BCUT2D eigenvalue weighted by atomic mass is 10.3. The van der Waals surface area contributed by atoms with E-state index in [1.165, 1.54) is 0 Å². The summed E-state index contributed by atoms with van der Waals surface area (Å²) in [6.07, 6.45) is 3.58. The van der Waals surface area contributed by atoms with Crippen molar-refractivity contribution >= 4 is 11.5 Å². The molecule has 2 aromatic rings. The fraction of sp³-hybridized carbons (Fsp3) is 0.273. The molecule has 0 amide bonds. The van der Waals surface area contributed by atoms with Gasteiger partial charge in [0, 0.05) is 26.0 Å². The van der Waals surface area contributed by atoms with Gasteiger partial charge in [0.05, 0.1) is 11.4 Å². The lowest BCUT2D eigenvalue weighted by Crippen LogP contribution is -2.06. The monoisotopic (exact) mass is 217 g/mol. The molecule has 0 spiro atoms. The normalized spacial score (nSPS) is 10.4. The second-order valence-electron chi connectivity index (χ2n) is 3.69. The highest BCUT2D eigenvalue weighted by Gasteiger charge is 2.08. The van der Waals surface area contributed by atoms with Crippen molar-refractivity contribution in [1.29, 1.82) is 0 Å². The predicted molar refractivity (Wildman–Crippen MR) is 63.9 cm³/mol. The summed E-state index contributed by atoms with van der Waals surface area (Å²) in [6.45, 7) is 2.58. The summed E-state index contributed by atoms with van der Waals surface area (Å²) < 4.78 is 1.75. The molecule has 0 saturated carbocycles. The van der Waals surface area contributed by atoms with Gasteiger partial charge in [-0.05, 0) is 18.6 Å². The van der Waals surface area contributed by atoms with Crippen LogP contribution in [0.3, 0.4) is 0 Å². The average Bonchev–Trinajstić information content (AvgIpc) is 2.53. The van der Waals surface area contributed by atoms with Crippen molar-refractivity contribution in [3.05, 3.63) is 35.8 Å². The average molecular weight is 217 g/mol. The number of hydrogen-bond acceptors (Lipinski definition) is 4. The van der Waals surface area contributed by atoms with Crippen molar-refractivity contribution in [3.63, 3.8) is 0 Å². The molecule has 0 aliphatic carbocycles. The van der Waals surface area contributed by atoms with Crippen molar-refractivity contribution in [2.75, 3.05) is 11.1 Å². The van der Waals surface area contributed by atoms with Gasteiger partial charge in [-0.2, -0.15) is 5.10 Å². The van der Waals surface area contributed by atoms with E-state index >= 15 is 0 Å². The molecule has 2 rings (SSSR count). The second-order valence-corrected chi connectivity index (χ2v) is 3.69. The van der Waals surface area contributed by atoms with Gasteiger partial charge >= 0.3 is 0 Å². The van der Waals surface area contributed by atoms with Crippen LogP contribution < -0.4 is 11.1 Å². The molecule has 3 N–H and O–H groups in total. The first-order valence-corrected chi connectivity index (χ1v) is 5.10. The molecule has 0 atom stereocenters. The van der Waals surface area contributed by atoms with Crippen LogP contribution in [0.1, 0.15) is 11.3 Å². The summed E-state index contributed by atoms with van der Waals surface area (Å²) >= 11 is 0. The first-order valence-electron chi connectivity index (χ1n) is 5.10. The molecule has 0 fully saturated rings. The standard InChI is InChI=1S/C11H15N5/c1-8-10(12)11(16(2)15-8)14-7-9-4-3-5-13-6-9/h3-6,14H,7,12H2,1-2H3. The number of rotatable bonds is 3. The van der Waals surface area contributed by atoms with Gasteiger partial charge in [0.25, 0.3) is 0 Å². The van der Waals surface area contributed by atoms with E-state index in [0.717, 1.165) is 17.1 Å². The van der Waals surface area contributed by atoms with Gasteiger partial charge in [-0.3, -0.25) is 9.67 Å². The Balaban J connectivity index is 2.11. The fourth-order valence-electron chi connectivity index (χ4n) is 1.57. The van der Waals surface area contributed by atoms with Crippen LogP contribution in [0.25, 0.3) is 0 Å². The van der Waals surface area contributed by atoms with E-state index in [0.29, 0.717) is 12.2 Å². The van der Waals surface area contributed by atoms with E-state index in [-0.39, 0.29) is 0 Å². The van der Waals surface area contributed by atoms with Crippen molar-refractivity contribution in [2.45, 2.75) is 13.5 Å². The highest BCUT2D eigenvalue weighted by atomic mass is 15.3. The van der Waals surface area contributed by atoms with Crippen molar-refractivity contribution in [1.82, 2.24) is 14.8 Å². The molecule has 0 aromatic carbocycles. The van der Waals surface area contributed by atoms with Gasteiger partial charge < -0.3 is 11.1 Å². The molecule has 0 unspecified atom stereocenters. The lowest BCUT2D eigenvalue weighted by molar-refractivity contribution is 0.758. The van der Waals surface area contributed by atoms with Gasteiger partial charge in [0.2, 0.25) is 0 Å². The molecule has 0 aliphatic rings. The summed E-state index contributed by atoms with van der Waals surface area (Å²) in [7, 11) is 1.87. The molecule has 0 bridgehead atoms. The Labute approximate surface area is 94.3 Å². The molecule has 0 radical (unpaired) electrons. The maximum atomic E-state index is 5.91. The van der Waals surface area contributed by atoms with Gasteiger partial charge in [-0.15, -0.1) is 0 Å². The zero-order valence-corrected chi connectivity index (χ0v) is 9.44. The van der Waals surface area contributed by atoms with E-state index in [1.54, 1.807) is 10.9 Å². The fourth-order valence-corrected chi connectivity index (χ4v) is 1.57. The van der Waals surface area contributed by atoms with Crippen molar-refractivity contribution in [3.8, 4) is 0 Å². The molecular formula is C11H15N5. The largest absolute Gasteiger partial charge is 0.394 e. The molecule has 84 valence electrons. The van der Waals surface area contributed by atoms with Crippen LogP contribution >= 0.6 is 0 Å². The maximum absolute atomic E-state index is 5.91. The Morgan fingerprint density at radius 3 is 2.88 bits per heavy atom. The number of aromatic nitrogens is 3. The summed E-state index contributed by atoms with van der Waals surface area (Å²) in [5.74, 6) is 0.848. The second kappa shape index (κ2) is 4.22. The minimum atomic E-state index is 0.691. The summed E-state index contributed by atoms with van der Waals surface area (Å²) in [5.41, 5.74) is 8.56. The third-order valence-corrected chi connectivity index (χ3v) is 2.45. The first-order chi connectivity index (χ1) is 7.68. The number of aryl methyl sites for hydroxylation is 2. The van der Waals surface area contributed by atoms with Crippen LogP contribution in [0, 0.1) is 6.92 Å². The molecular weight excluding hydrogens is 202 g/mol. The van der Waals surface area contributed by atoms with Crippen molar-refractivity contribution < 1.29 is 0 Å². The number of pyridine rings is 1. The molecule has 0 aliphatic heterocycles. The Kier molecular flexibility index (Phi) is 2.76. The number of nitrogens with two attached hydrogens (primary N) is 1. The summed E-state index contributed by atoms with van der Waals surface area (Å²) in [5, 5.41) is 7.49. The van der Waals surface area contributed by atoms with Crippen molar-refractivity contribution in [2.24, 2.45) is 7.05 Å². The zero-order chi connectivity index (χ0) is 11.5. The Morgan fingerprint density at radius 1 is 1.50 bits per heavy atom. The minimum absolute atomic E-state index is 0.691. The van der Waals surface area contributed by atoms with E-state index < -0.39 is 0 Å². The molecule has 2 aromatic heterocycles. The topological polar surface area (TPSA) is 68.8 Å². The quantitative estimate of drug-likeness (QED) is 0.813. The SMILES string of the molecule is Cc1nn(C)c(NCc2cccnc2)c1N. The molecule has 16 heavy (non-hydrogen) atoms. The van der Waals surface area contributed by atoms with Crippen LogP contribution in [0.2, 0.25) is 0 Å². The molecule has 5 nitrogen and oxygen atoms in total. The minimum Gasteiger partial charge on any atom is -0.394 e. The highest BCUT2D eigenvalue weighted by molar-refractivity contribution is 5.64. The van der Waals surface area contributed by atoms with Crippen LogP contribution in [-0.4, -0.2) is 14.8 Å². The number of hydrogen-bond donors (Lipinski definition) is 2. The van der Waals surface area contributed by atoms with E-state index in [9.17, 15) is 0 Å². The third kappa shape index (κ3) is 1.98. The van der Waals surface area contributed by atoms with E-state index in [1.807, 2.05) is 32.3 Å². The van der Waals surface area contributed by atoms with Gasteiger partial charge in [-0.1, -0.05) is 6.07 Å². The van der Waals surface area contributed by atoms with E-state index in [4.69, 9.17) is 5.73 Å². The predicted octanol–water partition coefficient (Wildman–Crippen LogP) is 1.32. The van der Waals surface area contributed by atoms with E-state index in [2.05, 4.69) is 15.4 Å². The molecule has 0 saturated heterocycles. The zero-order valence-electron chi connectivity index (χ0n) is 9.44. The van der Waals surface area contributed by atoms with Crippen LogP contribution in [0.15, 0.2) is 24.5 Å². The summed E-state index contributed by atoms with van der Waals surface area (Å²) in [4.78, 5) is 4.05. The Hall–Kier alpha value is -2.04. The highest BCUT2D eigenvalue weighted by Crippen LogP contribution is 2.21. The van der Waals surface area contributed by atoms with Crippen LogP contribution in [0.4, 0.5) is 11.5 Å². The lowest BCUT2D eigenvalue weighted by Gasteiger charge is -2.07. The summed E-state index contributed by atoms with van der Waals surface area (Å²) in [6, 6.07) is 3.92. The molecule has 5 heteroatoms. The number of anilines is 2.